The van der Waals surface area contributed by atoms with Crippen molar-refractivity contribution < 1.29 is 14.6 Å². The summed E-state index contributed by atoms with van der Waals surface area (Å²) >= 11 is 0. The number of esters is 1. The minimum absolute atomic E-state index is 0.0448. The SMILES string of the molecule is CC(C)n1c(=O)c(C(=O)OC2CC3CCC(C2)N3CCCCCCO)cc2ccccc21. The largest absolute Gasteiger partial charge is 0.459 e. The number of hydrogen-bond donors (Lipinski definition) is 1. The molecule has 6 nitrogen and oxygen atoms in total. The number of nitrogens with zero attached hydrogens (tertiary/aromatic N) is 2. The number of pyridine rings is 1. The third-order valence-corrected chi connectivity index (χ3v) is 7.12. The van der Waals surface area contributed by atoms with E-state index in [9.17, 15) is 9.59 Å². The summed E-state index contributed by atoms with van der Waals surface area (Å²) in [7, 11) is 0. The van der Waals surface area contributed by atoms with Gasteiger partial charge in [-0.15, -0.1) is 0 Å². The van der Waals surface area contributed by atoms with Gasteiger partial charge in [0, 0.05) is 37.6 Å². The van der Waals surface area contributed by atoms with Gasteiger partial charge < -0.3 is 14.4 Å². The number of aliphatic hydroxyl groups is 1. The number of benzene rings is 1. The first-order valence-electron chi connectivity index (χ1n) is 12.2. The van der Waals surface area contributed by atoms with E-state index in [0.717, 1.165) is 68.8 Å². The Balaban J connectivity index is 1.43. The number of para-hydroxylation sites is 1. The van der Waals surface area contributed by atoms with E-state index < -0.39 is 5.97 Å². The number of unbranched alkanes of at least 4 members (excludes halogenated alkanes) is 3. The second kappa shape index (κ2) is 10.2. The molecular weight excluding hydrogens is 404 g/mol. The van der Waals surface area contributed by atoms with Gasteiger partial charge in [-0.3, -0.25) is 9.69 Å². The Kier molecular flexibility index (Phi) is 7.31. The Labute approximate surface area is 190 Å². The van der Waals surface area contributed by atoms with E-state index in [1.165, 1.54) is 0 Å². The van der Waals surface area contributed by atoms with Crippen LogP contribution in [-0.2, 0) is 4.74 Å². The number of fused-ring (bicyclic) bond motifs is 3. The minimum atomic E-state index is -0.489. The number of ether oxygens (including phenoxy) is 1. The molecule has 6 heteroatoms. The lowest BCUT2D eigenvalue weighted by molar-refractivity contribution is -0.00652. The molecule has 2 saturated heterocycles. The summed E-state index contributed by atoms with van der Waals surface area (Å²) in [4.78, 5) is 28.8. The number of rotatable bonds is 9. The van der Waals surface area contributed by atoms with Crippen LogP contribution in [0.3, 0.4) is 0 Å². The first kappa shape index (κ1) is 23.0. The Bertz CT molecular complexity index is 985. The molecule has 174 valence electrons. The van der Waals surface area contributed by atoms with Crippen LogP contribution in [-0.4, -0.2) is 51.9 Å². The maximum Gasteiger partial charge on any atom is 0.344 e. The Hall–Kier alpha value is -2.18. The molecule has 2 aliphatic heterocycles. The molecule has 32 heavy (non-hydrogen) atoms. The van der Waals surface area contributed by atoms with E-state index in [0.29, 0.717) is 12.1 Å². The molecule has 2 atom stereocenters. The second-order valence-electron chi connectivity index (χ2n) is 9.65. The van der Waals surface area contributed by atoms with Crippen LogP contribution in [0.2, 0.25) is 0 Å². The van der Waals surface area contributed by atoms with Crippen LogP contribution in [0.5, 0.6) is 0 Å². The molecule has 1 aromatic heterocycles. The molecule has 0 aliphatic carbocycles. The molecule has 0 saturated carbocycles. The van der Waals surface area contributed by atoms with E-state index >= 15 is 0 Å². The van der Waals surface area contributed by atoms with Crippen molar-refractivity contribution in [2.24, 2.45) is 0 Å². The van der Waals surface area contributed by atoms with Crippen molar-refractivity contribution in [1.29, 1.82) is 0 Å². The van der Waals surface area contributed by atoms with Crippen LogP contribution >= 0.6 is 0 Å². The minimum Gasteiger partial charge on any atom is -0.459 e. The highest BCUT2D eigenvalue weighted by molar-refractivity contribution is 5.94. The van der Waals surface area contributed by atoms with Gasteiger partial charge in [0.1, 0.15) is 11.7 Å². The normalized spacial score (nSPS) is 23.2. The molecule has 4 rings (SSSR count). The molecule has 0 amide bonds. The fourth-order valence-corrected chi connectivity index (χ4v) is 5.60. The van der Waals surface area contributed by atoms with Gasteiger partial charge in [0.2, 0.25) is 0 Å². The maximum atomic E-state index is 13.1. The molecule has 1 N–H and O–H groups in total. The van der Waals surface area contributed by atoms with Crippen molar-refractivity contribution in [3.63, 3.8) is 0 Å². The van der Waals surface area contributed by atoms with Crippen molar-refractivity contribution in [3.05, 3.63) is 46.2 Å². The Morgan fingerprint density at radius 2 is 1.78 bits per heavy atom. The van der Waals surface area contributed by atoms with Crippen LogP contribution in [0.4, 0.5) is 0 Å². The number of carbonyl (C=O) groups is 1. The summed E-state index contributed by atoms with van der Waals surface area (Å²) in [6.45, 7) is 5.28. The van der Waals surface area contributed by atoms with E-state index in [1.807, 2.05) is 38.1 Å². The molecular formula is C26H36N2O4. The molecule has 3 heterocycles. The molecule has 2 bridgehead atoms. The summed E-state index contributed by atoms with van der Waals surface area (Å²) in [6, 6.07) is 10.3. The second-order valence-corrected chi connectivity index (χ2v) is 9.65. The first-order chi connectivity index (χ1) is 15.5. The summed E-state index contributed by atoms with van der Waals surface area (Å²) in [5.74, 6) is -0.489. The van der Waals surface area contributed by atoms with Crippen molar-refractivity contribution in [2.75, 3.05) is 13.2 Å². The quantitative estimate of drug-likeness (QED) is 0.465. The van der Waals surface area contributed by atoms with Gasteiger partial charge in [0.25, 0.3) is 5.56 Å². The predicted octanol–water partition coefficient (Wildman–Crippen LogP) is 4.29. The van der Waals surface area contributed by atoms with E-state index in [2.05, 4.69) is 4.90 Å². The first-order valence-corrected chi connectivity index (χ1v) is 12.2. The average Bonchev–Trinajstić information content (AvgIpc) is 3.00. The van der Waals surface area contributed by atoms with Gasteiger partial charge in [-0.25, -0.2) is 4.79 Å². The summed E-state index contributed by atoms with van der Waals surface area (Å²) in [6.07, 6.45) is 8.18. The maximum absolute atomic E-state index is 13.1. The number of aromatic nitrogens is 1. The third-order valence-electron chi connectivity index (χ3n) is 7.12. The van der Waals surface area contributed by atoms with Crippen LogP contribution in [0.15, 0.2) is 35.1 Å². The highest BCUT2D eigenvalue weighted by Crippen LogP contribution is 2.37. The predicted molar refractivity (Wildman–Crippen MR) is 126 cm³/mol. The zero-order valence-corrected chi connectivity index (χ0v) is 19.3. The topological polar surface area (TPSA) is 71.8 Å². The number of aliphatic hydroxyl groups excluding tert-OH is 1. The Morgan fingerprint density at radius 1 is 1.09 bits per heavy atom. The van der Waals surface area contributed by atoms with Gasteiger partial charge >= 0.3 is 5.97 Å². The van der Waals surface area contributed by atoms with Gasteiger partial charge in [-0.1, -0.05) is 31.0 Å². The standard InChI is InChI=1S/C26H36N2O4/c1-18(2)28-24-10-6-5-9-19(24)15-23(25(28)30)26(31)32-22-16-20-11-12-21(17-22)27(20)13-7-3-4-8-14-29/h5-6,9-10,15,18,20-22,29H,3-4,7-8,11-14,16-17H2,1-2H3. The van der Waals surface area contributed by atoms with Crippen molar-refractivity contribution in [1.82, 2.24) is 9.47 Å². The van der Waals surface area contributed by atoms with Gasteiger partial charge in [-0.05, 0) is 63.6 Å². The fraction of sp³-hybridized carbons (Fsp3) is 0.615. The third kappa shape index (κ3) is 4.76. The average molecular weight is 441 g/mol. The number of piperidine rings is 1. The van der Waals surface area contributed by atoms with Crippen LogP contribution < -0.4 is 5.56 Å². The van der Waals surface area contributed by atoms with Gasteiger partial charge in [-0.2, -0.15) is 0 Å². The monoisotopic (exact) mass is 440 g/mol. The smallest absolute Gasteiger partial charge is 0.344 e. The molecule has 2 aromatic rings. The van der Waals surface area contributed by atoms with E-state index in [1.54, 1.807) is 10.6 Å². The van der Waals surface area contributed by atoms with Crippen LogP contribution in [0, 0.1) is 0 Å². The summed E-state index contributed by atoms with van der Waals surface area (Å²) in [5, 5.41) is 9.81. The van der Waals surface area contributed by atoms with Gasteiger partial charge in [0.05, 0.1) is 5.52 Å². The van der Waals surface area contributed by atoms with Crippen molar-refractivity contribution in [2.45, 2.75) is 89.4 Å². The van der Waals surface area contributed by atoms with Gasteiger partial charge in [0.15, 0.2) is 0 Å². The highest BCUT2D eigenvalue weighted by Gasteiger charge is 2.41. The molecule has 1 aromatic carbocycles. The molecule has 2 aliphatic rings. The Morgan fingerprint density at radius 3 is 2.47 bits per heavy atom. The summed E-state index contributed by atoms with van der Waals surface area (Å²) in [5.41, 5.74) is 0.706. The fourth-order valence-electron chi connectivity index (χ4n) is 5.60. The van der Waals surface area contributed by atoms with Crippen LogP contribution in [0.25, 0.3) is 10.9 Å². The lowest BCUT2D eigenvalue weighted by atomic mass is 9.99. The molecule has 2 unspecified atom stereocenters. The number of carbonyl (C=O) groups excluding carboxylic acids is 1. The van der Waals surface area contributed by atoms with Crippen LogP contribution in [0.1, 0.15) is 81.6 Å². The van der Waals surface area contributed by atoms with Crippen molar-refractivity contribution in [3.8, 4) is 0 Å². The summed E-state index contributed by atoms with van der Waals surface area (Å²) < 4.78 is 7.61. The van der Waals surface area contributed by atoms with E-state index in [-0.39, 0.29) is 29.9 Å². The molecule has 2 fully saturated rings. The number of hydrogen-bond acceptors (Lipinski definition) is 5. The van der Waals surface area contributed by atoms with E-state index in [4.69, 9.17) is 9.84 Å². The zero-order valence-electron chi connectivity index (χ0n) is 19.3. The lowest BCUT2D eigenvalue weighted by Crippen LogP contribution is -2.46. The van der Waals surface area contributed by atoms with Crippen molar-refractivity contribution >= 4 is 16.9 Å². The zero-order chi connectivity index (χ0) is 22.7. The molecule has 0 spiro atoms. The highest BCUT2D eigenvalue weighted by atomic mass is 16.5. The molecule has 0 radical (unpaired) electrons. The lowest BCUT2D eigenvalue weighted by Gasteiger charge is -2.38.